The minimum absolute atomic E-state index is 0.0392. The fourth-order valence-electron chi connectivity index (χ4n) is 2.29. The predicted octanol–water partition coefficient (Wildman–Crippen LogP) is 1.47. The van der Waals surface area contributed by atoms with E-state index < -0.39 is 11.4 Å². The van der Waals surface area contributed by atoms with Crippen molar-refractivity contribution in [3.8, 4) is 0 Å². The van der Waals surface area contributed by atoms with Crippen molar-refractivity contribution in [1.82, 2.24) is 0 Å². The Kier molecular flexibility index (Phi) is 2.66. The van der Waals surface area contributed by atoms with Gasteiger partial charge in [0, 0.05) is 6.04 Å². The van der Waals surface area contributed by atoms with Gasteiger partial charge in [-0.2, -0.15) is 0 Å². The molecule has 3 nitrogen and oxygen atoms in total. The van der Waals surface area contributed by atoms with Crippen molar-refractivity contribution >= 4 is 5.97 Å². The van der Waals surface area contributed by atoms with E-state index in [1.165, 1.54) is 0 Å². The third-order valence-corrected chi connectivity index (χ3v) is 4.01. The van der Waals surface area contributed by atoms with Crippen LogP contribution in [0.15, 0.2) is 0 Å². The highest BCUT2D eigenvalue weighted by Gasteiger charge is 2.48. The first kappa shape index (κ1) is 10.5. The molecule has 0 unspecified atom stereocenters. The average molecular weight is 185 g/mol. The lowest BCUT2D eigenvalue weighted by atomic mass is 9.60. The Balaban J connectivity index is 2.95. The number of carboxylic acids is 1. The normalized spacial score (nSPS) is 46.0. The average Bonchev–Trinajstić information content (AvgIpc) is 2.08. The van der Waals surface area contributed by atoms with Gasteiger partial charge in [-0.25, -0.2) is 0 Å². The zero-order valence-corrected chi connectivity index (χ0v) is 8.58. The van der Waals surface area contributed by atoms with E-state index in [1.807, 2.05) is 20.8 Å². The maximum Gasteiger partial charge on any atom is 0.309 e. The molecule has 3 heteroatoms. The van der Waals surface area contributed by atoms with E-state index >= 15 is 0 Å². The minimum Gasteiger partial charge on any atom is -0.481 e. The number of nitrogens with two attached hydrogens (primary N) is 1. The Morgan fingerprint density at radius 3 is 2.38 bits per heavy atom. The van der Waals surface area contributed by atoms with Gasteiger partial charge < -0.3 is 10.8 Å². The highest BCUT2D eigenvalue weighted by Crippen LogP contribution is 2.44. The lowest BCUT2D eigenvalue weighted by Crippen LogP contribution is -2.51. The fraction of sp³-hybridized carbons (Fsp3) is 0.900. The Morgan fingerprint density at radius 2 is 2.00 bits per heavy atom. The second-order valence-electron chi connectivity index (χ2n) is 4.52. The summed E-state index contributed by atoms with van der Waals surface area (Å²) in [7, 11) is 0. The molecule has 0 aliphatic heterocycles. The van der Waals surface area contributed by atoms with Crippen LogP contribution in [0.4, 0.5) is 0 Å². The molecule has 1 aliphatic rings. The predicted molar refractivity (Wildman–Crippen MR) is 51.3 cm³/mol. The van der Waals surface area contributed by atoms with Gasteiger partial charge in [-0.05, 0) is 31.6 Å². The molecule has 1 saturated carbocycles. The number of carbonyl (C=O) groups is 1. The molecule has 0 aromatic heterocycles. The number of carboxylic acid groups (broad SMARTS) is 1. The van der Waals surface area contributed by atoms with Crippen molar-refractivity contribution < 1.29 is 9.90 Å². The van der Waals surface area contributed by atoms with E-state index in [9.17, 15) is 9.90 Å². The van der Waals surface area contributed by atoms with Crippen LogP contribution in [0.25, 0.3) is 0 Å². The number of aliphatic carboxylic acids is 1. The zero-order valence-electron chi connectivity index (χ0n) is 8.58. The first-order valence-corrected chi connectivity index (χ1v) is 4.89. The van der Waals surface area contributed by atoms with Gasteiger partial charge in [-0.15, -0.1) is 0 Å². The summed E-state index contributed by atoms with van der Waals surface area (Å²) in [6.45, 7) is 5.79. The molecule has 0 aromatic carbocycles. The molecule has 0 radical (unpaired) electrons. The molecule has 1 fully saturated rings. The summed E-state index contributed by atoms with van der Waals surface area (Å²) in [5.74, 6) is -0.420. The fourth-order valence-corrected chi connectivity index (χ4v) is 2.29. The Labute approximate surface area is 79.3 Å². The molecule has 4 atom stereocenters. The monoisotopic (exact) mass is 185 g/mol. The summed E-state index contributed by atoms with van der Waals surface area (Å²) in [5, 5.41) is 9.20. The van der Waals surface area contributed by atoms with Gasteiger partial charge >= 0.3 is 5.97 Å². The van der Waals surface area contributed by atoms with E-state index in [0.717, 1.165) is 12.8 Å². The second kappa shape index (κ2) is 3.29. The van der Waals surface area contributed by atoms with Crippen LogP contribution in [0.5, 0.6) is 0 Å². The van der Waals surface area contributed by atoms with Gasteiger partial charge in [0.05, 0.1) is 5.41 Å². The molecule has 1 rings (SSSR count). The summed E-state index contributed by atoms with van der Waals surface area (Å²) in [6.07, 6.45) is 1.87. The molecule has 76 valence electrons. The van der Waals surface area contributed by atoms with Crippen LogP contribution < -0.4 is 5.73 Å². The van der Waals surface area contributed by atoms with Gasteiger partial charge in [-0.1, -0.05) is 13.8 Å². The summed E-state index contributed by atoms with van der Waals surface area (Å²) in [5.41, 5.74) is 5.25. The van der Waals surface area contributed by atoms with E-state index in [-0.39, 0.29) is 17.9 Å². The zero-order chi connectivity index (χ0) is 10.2. The van der Waals surface area contributed by atoms with E-state index in [2.05, 4.69) is 0 Å². The van der Waals surface area contributed by atoms with E-state index in [1.54, 1.807) is 0 Å². The minimum atomic E-state index is -0.706. The first-order chi connectivity index (χ1) is 5.90. The highest BCUT2D eigenvalue weighted by molar-refractivity contribution is 5.75. The van der Waals surface area contributed by atoms with Crippen molar-refractivity contribution in [3.05, 3.63) is 0 Å². The van der Waals surface area contributed by atoms with Gasteiger partial charge in [0.15, 0.2) is 0 Å². The van der Waals surface area contributed by atoms with Gasteiger partial charge in [0.25, 0.3) is 0 Å². The summed E-state index contributed by atoms with van der Waals surface area (Å²) < 4.78 is 0. The molecule has 0 aromatic rings. The van der Waals surface area contributed by atoms with Crippen LogP contribution in [0, 0.1) is 17.3 Å². The summed E-state index contributed by atoms with van der Waals surface area (Å²) in [4.78, 5) is 11.2. The van der Waals surface area contributed by atoms with Crippen molar-refractivity contribution in [1.29, 1.82) is 0 Å². The van der Waals surface area contributed by atoms with E-state index in [4.69, 9.17) is 5.73 Å². The SMILES string of the molecule is C[C@@H]1CC[C@H](N)[C@@H](C)[C@]1(C)C(=O)O. The van der Waals surface area contributed by atoms with Crippen LogP contribution in [0.3, 0.4) is 0 Å². The van der Waals surface area contributed by atoms with Crippen LogP contribution in [-0.2, 0) is 4.79 Å². The molecule has 0 saturated heterocycles. The lowest BCUT2D eigenvalue weighted by molar-refractivity contribution is -0.158. The van der Waals surface area contributed by atoms with Crippen LogP contribution in [0.1, 0.15) is 33.6 Å². The van der Waals surface area contributed by atoms with Crippen molar-refractivity contribution in [2.45, 2.75) is 39.7 Å². The first-order valence-electron chi connectivity index (χ1n) is 4.89. The third-order valence-electron chi connectivity index (χ3n) is 4.01. The molecule has 0 heterocycles. The van der Waals surface area contributed by atoms with Gasteiger partial charge in [-0.3, -0.25) is 4.79 Å². The molecule has 0 spiro atoms. The topological polar surface area (TPSA) is 63.3 Å². The molecule has 1 aliphatic carbocycles. The van der Waals surface area contributed by atoms with Crippen molar-refractivity contribution in [2.75, 3.05) is 0 Å². The molecule has 0 bridgehead atoms. The lowest BCUT2D eigenvalue weighted by Gasteiger charge is -2.44. The quantitative estimate of drug-likeness (QED) is 0.650. The smallest absolute Gasteiger partial charge is 0.309 e. The van der Waals surface area contributed by atoms with Crippen LogP contribution >= 0.6 is 0 Å². The van der Waals surface area contributed by atoms with Crippen LogP contribution in [0.2, 0.25) is 0 Å². The maximum absolute atomic E-state index is 11.2. The van der Waals surface area contributed by atoms with Crippen LogP contribution in [-0.4, -0.2) is 17.1 Å². The molecular formula is C10H19NO2. The standard InChI is InChI=1S/C10H19NO2/c1-6-4-5-8(11)7(2)10(6,3)9(12)13/h6-8H,4-5,11H2,1-3H3,(H,12,13)/t6-,7-,8+,10-/m1/s1. The molecule has 13 heavy (non-hydrogen) atoms. The summed E-state index contributed by atoms with van der Waals surface area (Å²) >= 11 is 0. The van der Waals surface area contributed by atoms with Gasteiger partial charge in [0.2, 0.25) is 0 Å². The second-order valence-corrected chi connectivity index (χ2v) is 4.52. The third kappa shape index (κ3) is 1.46. The number of rotatable bonds is 1. The molecular weight excluding hydrogens is 166 g/mol. The summed E-state index contributed by atoms with van der Waals surface area (Å²) in [6, 6.07) is 0.0392. The maximum atomic E-state index is 11.2. The molecule has 3 N–H and O–H groups in total. The van der Waals surface area contributed by atoms with Crippen molar-refractivity contribution in [3.63, 3.8) is 0 Å². The molecule has 0 amide bonds. The van der Waals surface area contributed by atoms with E-state index in [0.29, 0.717) is 0 Å². The number of hydrogen-bond acceptors (Lipinski definition) is 2. The Hall–Kier alpha value is -0.570. The Bertz CT molecular complexity index is 217. The van der Waals surface area contributed by atoms with Gasteiger partial charge in [0.1, 0.15) is 0 Å². The number of hydrogen-bond donors (Lipinski definition) is 2. The Morgan fingerprint density at radius 1 is 1.46 bits per heavy atom. The van der Waals surface area contributed by atoms with Crippen molar-refractivity contribution in [2.24, 2.45) is 23.0 Å². The largest absolute Gasteiger partial charge is 0.481 e. The highest BCUT2D eigenvalue weighted by atomic mass is 16.4.